The van der Waals surface area contributed by atoms with Gasteiger partial charge in [0.05, 0.1) is 22.5 Å². The number of hydrogen-bond acceptors (Lipinski definition) is 2. The average molecular weight is 414 g/mol. The molecule has 2 amide bonds. The van der Waals surface area contributed by atoms with Crippen LogP contribution in [0.15, 0.2) is 72.8 Å². The second-order valence-corrected chi connectivity index (χ2v) is 9.32. The highest BCUT2D eigenvalue weighted by atomic mass is 35.5. The van der Waals surface area contributed by atoms with E-state index in [0.29, 0.717) is 10.7 Å². The third-order valence-electron chi connectivity index (χ3n) is 7.74. The van der Waals surface area contributed by atoms with Crippen molar-refractivity contribution < 1.29 is 9.59 Å². The highest BCUT2D eigenvalue weighted by Gasteiger charge is 2.70. The van der Waals surface area contributed by atoms with Gasteiger partial charge in [-0.25, -0.2) is 4.90 Å². The lowest BCUT2D eigenvalue weighted by Gasteiger charge is -2.57. The van der Waals surface area contributed by atoms with Crippen molar-refractivity contribution in [3.05, 3.63) is 100 Å². The summed E-state index contributed by atoms with van der Waals surface area (Å²) in [4.78, 5) is 29.2. The molecule has 1 fully saturated rings. The summed E-state index contributed by atoms with van der Waals surface area (Å²) in [5.74, 6) is -1.24. The van der Waals surface area contributed by atoms with Crippen LogP contribution in [0.1, 0.15) is 36.1 Å². The van der Waals surface area contributed by atoms with Crippen molar-refractivity contribution in [3.8, 4) is 0 Å². The molecule has 3 aromatic carbocycles. The van der Waals surface area contributed by atoms with Gasteiger partial charge in [0.1, 0.15) is 0 Å². The number of para-hydroxylation sites is 1. The maximum absolute atomic E-state index is 13.9. The normalized spacial score (nSPS) is 30.8. The molecular weight excluding hydrogens is 394 g/mol. The Hall–Kier alpha value is -2.91. The van der Waals surface area contributed by atoms with Crippen molar-refractivity contribution in [3.63, 3.8) is 0 Å². The number of imide groups is 1. The first-order chi connectivity index (χ1) is 14.4. The van der Waals surface area contributed by atoms with Gasteiger partial charge in [0.2, 0.25) is 11.8 Å². The first-order valence-corrected chi connectivity index (χ1v) is 10.6. The summed E-state index contributed by atoms with van der Waals surface area (Å²) in [5.41, 5.74) is 3.92. The number of carbonyl (C=O) groups excluding carboxylic acids is 2. The lowest BCUT2D eigenvalue weighted by molar-refractivity contribution is -0.124. The van der Waals surface area contributed by atoms with Gasteiger partial charge in [-0.1, -0.05) is 86.1 Å². The molecular formula is C26H20ClNO2. The number of rotatable bonds is 1. The molecule has 3 aliphatic carbocycles. The van der Waals surface area contributed by atoms with Gasteiger partial charge in [0, 0.05) is 10.8 Å². The predicted octanol–water partition coefficient (Wildman–Crippen LogP) is 5.08. The Morgan fingerprint density at radius 1 is 0.667 bits per heavy atom. The molecule has 0 radical (unpaired) electrons. The Morgan fingerprint density at radius 2 is 1.03 bits per heavy atom. The van der Waals surface area contributed by atoms with Crippen LogP contribution < -0.4 is 4.90 Å². The average Bonchev–Trinajstić information content (AvgIpc) is 3.04. The van der Waals surface area contributed by atoms with Gasteiger partial charge >= 0.3 is 0 Å². The number of amides is 2. The Labute approximate surface area is 180 Å². The Balaban J connectivity index is 1.68. The molecule has 0 aromatic heterocycles. The third-order valence-corrected chi connectivity index (χ3v) is 8.06. The molecule has 2 atom stereocenters. The minimum absolute atomic E-state index is 0.157. The first-order valence-electron chi connectivity index (χ1n) is 10.2. The third kappa shape index (κ3) is 1.79. The zero-order chi connectivity index (χ0) is 20.8. The molecule has 0 spiro atoms. The molecule has 30 heavy (non-hydrogen) atoms. The standard InChI is InChI=1S/C26H20ClNO2/c1-25-15-9-3-5-11-17(15)26(2,18-12-6-4-10-16(18)25)22-21(25)23(29)28(24(22)30)20-14-8-7-13-19(20)27/h3-14,21-22H,1-2H3/t21-,22-,25?,26?/m1/s1. The zero-order valence-corrected chi connectivity index (χ0v) is 17.5. The van der Waals surface area contributed by atoms with Crippen molar-refractivity contribution in [2.45, 2.75) is 24.7 Å². The van der Waals surface area contributed by atoms with Crippen LogP contribution in [-0.4, -0.2) is 11.8 Å². The van der Waals surface area contributed by atoms with Crippen molar-refractivity contribution in [2.75, 3.05) is 4.90 Å². The van der Waals surface area contributed by atoms with E-state index in [2.05, 4.69) is 38.1 Å². The smallest absolute Gasteiger partial charge is 0.239 e. The highest BCUT2D eigenvalue weighted by Crippen LogP contribution is 2.66. The summed E-state index contributed by atoms with van der Waals surface area (Å²) < 4.78 is 0. The van der Waals surface area contributed by atoms with Crippen molar-refractivity contribution in [1.29, 1.82) is 0 Å². The summed E-state index contributed by atoms with van der Waals surface area (Å²) in [7, 11) is 0. The van der Waals surface area contributed by atoms with Crippen LogP contribution in [-0.2, 0) is 20.4 Å². The molecule has 2 bridgehead atoms. The van der Waals surface area contributed by atoms with Gasteiger partial charge < -0.3 is 0 Å². The minimum atomic E-state index is -0.571. The van der Waals surface area contributed by atoms with Crippen LogP contribution in [0.5, 0.6) is 0 Å². The SMILES string of the molecule is CC12c3ccccc3C(C)(c3ccccc31)[C@H]1C(=O)N(c3ccccc3Cl)C(=O)[C@@H]12. The van der Waals surface area contributed by atoms with Gasteiger partial charge in [0.25, 0.3) is 0 Å². The summed E-state index contributed by atoms with van der Waals surface area (Å²) in [6, 6.07) is 23.7. The van der Waals surface area contributed by atoms with E-state index in [1.165, 1.54) is 4.90 Å². The number of hydrogen-bond donors (Lipinski definition) is 0. The fourth-order valence-corrected chi connectivity index (χ4v) is 6.66. The summed E-state index contributed by atoms with van der Waals surface area (Å²) >= 11 is 6.42. The summed E-state index contributed by atoms with van der Waals surface area (Å²) in [6.45, 7) is 4.25. The summed E-state index contributed by atoms with van der Waals surface area (Å²) in [6.07, 6.45) is 0. The molecule has 3 aromatic rings. The van der Waals surface area contributed by atoms with Crippen molar-refractivity contribution in [1.82, 2.24) is 0 Å². The van der Waals surface area contributed by atoms with Gasteiger partial charge in [0.15, 0.2) is 0 Å². The van der Waals surface area contributed by atoms with E-state index in [1.54, 1.807) is 12.1 Å². The van der Waals surface area contributed by atoms with Gasteiger partial charge in [-0.3, -0.25) is 9.59 Å². The van der Waals surface area contributed by atoms with Crippen LogP contribution in [0.25, 0.3) is 0 Å². The molecule has 0 unspecified atom stereocenters. The lowest BCUT2D eigenvalue weighted by Crippen LogP contribution is -2.59. The van der Waals surface area contributed by atoms with Crippen LogP contribution in [0, 0.1) is 11.8 Å². The van der Waals surface area contributed by atoms with Crippen molar-refractivity contribution >= 4 is 29.1 Å². The zero-order valence-electron chi connectivity index (χ0n) is 16.7. The molecule has 4 heteroatoms. The highest BCUT2D eigenvalue weighted by molar-refractivity contribution is 6.36. The molecule has 1 saturated heterocycles. The van der Waals surface area contributed by atoms with E-state index in [1.807, 2.05) is 36.4 Å². The van der Waals surface area contributed by atoms with Gasteiger partial charge in [-0.2, -0.15) is 0 Å². The Morgan fingerprint density at radius 3 is 1.43 bits per heavy atom. The second-order valence-electron chi connectivity index (χ2n) is 8.91. The Kier molecular flexibility index (Phi) is 3.35. The fraction of sp³-hybridized carbons (Fsp3) is 0.231. The monoisotopic (exact) mass is 413 g/mol. The molecule has 3 nitrogen and oxygen atoms in total. The maximum Gasteiger partial charge on any atom is 0.239 e. The number of anilines is 1. The minimum Gasteiger partial charge on any atom is -0.274 e. The first kappa shape index (κ1) is 17.9. The van der Waals surface area contributed by atoms with Gasteiger partial charge in [-0.05, 0) is 34.4 Å². The Bertz CT molecular complexity index is 1140. The van der Waals surface area contributed by atoms with Crippen LogP contribution in [0.3, 0.4) is 0 Å². The van der Waals surface area contributed by atoms with E-state index in [4.69, 9.17) is 11.6 Å². The van der Waals surface area contributed by atoms with Crippen LogP contribution >= 0.6 is 11.6 Å². The van der Waals surface area contributed by atoms with E-state index in [0.717, 1.165) is 22.3 Å². The topological polar surface area (TPSA) is 37.4 Å². The fourth-order valence-electron chi connectivity index (χ4n) is 6.44. The predicted molar refractivity (Wildman–Crippen MR) is 117 cm³/mol. The number of halogens is 1. The number of benzene rings is 3. The van der Waals surface area contributed by atoms with Crippen LogP contribution in [0.4, 0.5) is 5.69 Å². The van der Waals surface area contributed by atoms with E-state index in [9.17, 15) is 9.59 Å². The molecule has 1 aliphatic heterocycles. The number of nitrogens with zero attached hydrogens (tertiary/aromatic N) is 1. The molecule has 148 valence electrons. The van der Waals surface area contributed by atoms with Crippen LogP contribution in [0.2, 0.25) is 5.02 Å². The number of carbonyl (C=O) groups is 2. The molecule has 7 rings (SSSR count). The molecule has 1 heterocycles. The van der Waals surface area contributed by atoms with E-state index < -0.39 is 22.7 Å². The molecule has 0 N–H and O–H groups in total. The molecule has 0 saturated carbocycles. The quantitative estimate of drug-likeness (QED) is 0.521. The lowest BCUT2D eigenvalue weighted by atomic mass is 9.42. The second kappa shape index (κ2) is 5.61. The van der Waals surface area contributed by atoms with Crippen molar-refractivity contribution in [2.24, 2.45) is 11.8 Å². The van der Waals surface area contributed by atoms with E-state index >= 15 is 0 Å². The molecule has 4 aliphatic rings. The van der Waals surface area contributed by atoms with Gasteiger partial charge in [-0.15, -0.1) is 0 Å². The largest absolute Gasteiger partial charge is 0.274 e. The summed E-state index contributed by atoms with van der Waals surface area (Å²) in [5, 5.41) is 0.413. The maximum atomic E-state index is 13.9. The van der Waals surface area contributed by atoms with E-state index in [-0.39, 0.29) is 11.8 Å².